The van der Waals surface area contributed by atoms with Crippen LogP contribution >= 0.6 is 11.3 Å². The van der Waals surface area contributed by atoms with Crippen LogP contribution in [0, 0.1) is 0 Å². The van der Waals surface area contributed by atoms with Crippen LogP contribution in [0.3, 0.4) is 0 Å². The minimum absolute atomic E-state index is 0. The zero-order valence-electron chi connectivity index (χ0n) is 30.0. The van der Waals surface area contributed by atoms with Crippen LogP contribution in [-0.2, 0) is 0 Å². The Morgan fingerprint density at radius 1 is 1.41 bits per heavy atom. The number of rotatable bonds is 6. The van der Waals surface area contributed by atoms with Crippen molar-refractivity contribution >= 4 is 65.2 Å². The average Bonchev–Trinajstić information content (AvgIpc) is 3.28. The van der Waals surface area contributed by atoms with Gasteiger partial charge in [-0.05, 0) is 69.8 Å². The van der Waals surface area contributed by atoms with Gasteiger partial charge >= 0.3 is 37.7 Å². The second-order valence-corrected chi connectivity index (χ2v) is 6.11. The Morgan fingerprint density at radius 3 is 2.85 bits per heavy atom. The summed E-state index contributed by atoms with van der Waals surface area (Å²) in [6.45, 7) is -14.7. The molecule has 142 valence electrons. The van der Waals surface area contributed by atoms with Crippen LogP contribution in [0.5, 0.6) is 5.75 Å². The van der Waals surface area contributed by atoms with Crippen molar-refractivity contribution in [3.8, 4) is 5.75 Å². The van der Waals surface area contributed by atoms with Gasteiger partial charge in [0.25, 0.3) is 5.56 Å². The van der Waals surface area contributed by atoms with Gasteiger partial charge in [-0.25, -0.2) is 0 Å². The summed E-state index contributed by atoms with van der Waals surface area (Å²) >= 11 is 0.716. The smallest absolute Gasteiger partial charge is 0.871 e. The molecular formula is C19H25CaN3O3S. The molecule has 3 rings (SSSR count). The standard InChI is InChI=1S/C19H27N3O3S.Ca/c1-13(2)22-18(25)15(16(23)14-7-12-26-19(14)22)17(24)20-8-6-11-21-9-4-3-5-10-21;/h7,12-13,23H,3-6,8-11H2,1-2H3,(H,20,24);/q;+2/p-2/i1D3,2D3,3D2,4D2,5D2,9D2,10D2;. The molecule has 2 aromatic rings. The third kappa shape index (κ3) is 5.07. The first kappa shape index (κ1) is 9.04. The molecule has 0 radical (unpaired) electrons. The molecule has 0 atom stereocenters. The molecule has 0 N–H and O–H groups in total. The van der Waals surface area contributed by atoms with Gasteiger partial charge in [0.2, 0.25) is 0 Å². The third-order valence-corrected chi connectivity index (χ3v) is 4.45. The van der Waals surface area contributed by atoms with Gasteiger partial charge in [0.05, 0.1) is 0 Å². The first-order valence-electron chi connectivity index (χ1n) is 15.5. The summed E-state index contributed by atoms with van der Waals surface area (Å²) in [5.41, 5.74) is -2.66. The van der Waals surface area contributed by atoms with Gasteiger partial charge in [-0.3, -0.25) is 9.36 Å². The largest absolute Gasteiger partial charge is 2.00 e. The maximum Gasteiger partial charge on any atom is 2.00 e. The van der Waals surface area contributed by atoms with Crippen molar-refractivity contribution < 1.29 is 32.1 Å². The number of nitrogens with zero attached hydrogens (tertiary/aromatic N) is 3. The van der Waals surface area contributed by atoms with E-state index in [1.165, 1.54) is 11.4 Å². The number of likely N-dealkylation sites (tertiary alicyclic amines) is 1. The maximum atomic E-state index is 13.3. The van der Waals surface area contributed by atoms with Crippen LogP contribution in [0.2, 0.25) is 0 Å². The fourth-order valence-corrected chi connectivity index (χ4v) is 3.30. The number of piperidine rings is 1. The molecule has 1 aliphatic heterocycles. The molecule has 1 aliphatic rings. The van der Waals surface area contributed by atoms with E-state index in [-0.39, 0.29) is 52.9 Å². The summed E-state index contributed by atoms with van der Waals surface area (Å²) in [4.78, 5) is 16.7. The summed E-state index contributed by atoms with van der Waals surface area (Å²) in [6, 6.07) is -1.24. The number of hydrogen-bond acceptors (Lipinski definition) is 6. The van der Waals surface area contributed by atoms with E-state index in [4.69, 9.17) is 21.9 Å². The van der Waals surface area contributed by atoms with E-state index < -0.39 is 94.1 Å². The number of pyridine rings is 1. The van der Waals surface area contributed by atoms with E-state index in [0.29, 0.717) is 15.9 Å². The molecule has 6 nitrogen and oxygen atoms in total. The summed E-state index contributed by atoms with van der Waals surface area (Å²) in [5.74, 6) is -2.60. The Bertz CT molecular complexity index is 1410. The summed E-state index contributed by atoms with van der Waals surface area (Å²) in [7, 11) is 0. The number of fused-ring (bicyclic) bond motifs is 1. The quantitative estimate of drug-likeness (QED) is 0.299. The Kier molecular flexibility index (Phi) is 3.43. The van der Waals surface area contributed by atoms with E-state index >= 15 is 0 Å². The predicted molar refractivity (Wildman–Crippen MR) is 108 cm³/mol. The second-order valence-electron chi connectivity index (χ2n) is 5.21. The summed E-state index contributed by atoms with van der Waals surface area (Å²) in [6.07, 6.45) is -11.1. The molecule has 0 aliphatic carbocycles. The van der Waals surface area contributed by atoms with Crippen molar-refractivity contribution in [1.29, 1.82) is 0 Å². The maximum absolute atomic E-state index is 13.3. The van der Waals surface area contributed by atoms with Crippen LogP contribution in [0.4, 0.5) is 0 Å². The summed E-state index contributed by atoms with van der Waals surface area (Å²) in [5, 5.41) is 26.9. The molecule has 3 heterocycles. The molecule has 0 saturated carbocycles. The molecule has 0 amide bonds. The topological polar surface area (TPSA) is 83.7 Å². The van der Waals surface area contributed by atoms with Gasteiger partial charge < -0.3 is 20.1 Å². The number of aliphatic imine (C=N–C) groups is 1. The van der Waals surface area contributed by atoms with Crippen LogP contribution in [0.1, 0.15) is 72.8 Å². The van der Waals surface area contributed by atoms with Crippen LogP contribution in [-0.4, -0.2) is 79.2 Å². The molecule has 0 bridgehead atoms. The number of aromatic nitrogens is 1. The molecule has 8 heteroatoms. The van der Waals surface area contributed by atoms with Gasteiger partial charge in [0.15, 0.2) is 0 Å². The molecule has 1 saturated heterocycles. The molecule has 0 spiro atoms. The summed E-state index contributed by atoms with van der Waals surface area (Å²) < 4.78 is 126. The zero-order valence-corrected chi connectivity index (χ0v) is 17.1. The van der Waals surface area contributed by atoms with Crippen molar-refractivity contribution in [3.63, 3.8) is 0 Å². The van der Waals surface area contributed by atoms with E-state index in [2.05, 4.69) is 4.99 Å². The molecule has 0 aromatic carbocycles. The Labute approximate surface area is 216 Å². The number of thiophene rings is 1. The molecule has 27 heavy (non-hydrogen) atoms. The van der Waals surface area contributed by atoms with Gasteiger partial charge in [-0.1, -0.05) is 12.1 Å². The minimum Gasteiger partial charge on any atom is -0.871 e. The fraction of sp³-hybridized carbons (Fsp3) is 0.579. The fourth-order valence-electron chi connectivity index (χ4n) is 2.38. The van der Waals surface area contributed by atoms with Gasteiger partial charge in [-0.2, -0.15) is 0 Å². The normalized spacial score (nSPS) is 35.1. The van der Waals surface area contributed by atoms with E-state index in [1.54, 1.807) is 0 Å². The Hall–Kier alpha value is -0.600. The monoisotopic (exact) mass is 431 g/mol. The van der Waals surface area contributed by atoms with Crippen LogP contribution < -0.4 is 15.8 Å². The van der Waals surface area contributed by atoms with Crippen molar-refractivity contribution in [2.75, 3.05) is 26.1 Å². The molecule has 1 fully saturated rings. The molecular weight excluding hydrogens is 390 g/mol. The van der Waals surface area contributed by atoms with Crippen LogP contribution in [0.15, 0.2) is 21.2 Å². The van der Waals surface area contributed by atoms with Crippen molar-refractivity contribution in [3.05, 3.63) is 27.4 Å². The first-order valence-corrected chi connectivity index (χ1v) is 8.39. The Morgan fingerprint density at radius 2 is 2.15 bits per heavy atom. The van der Waals surface area contributed by atoms with Gasteiger partial charge in [-0.15, -0.1) is 11.3 Å². The van der Waals surface area contributed by atoms with E-state index in [0.717, 1.165) is 0 Å². The zero-order chi connectivity index (χ0) is 32.6. The van der Waals surface area contributed by atoms with Gasteiger partial charge in [0.1, 0.15) is 4.83 Å². The SMILES string of the molecule is [2H]C([2H])([2H])C(n1c(=O)c(C([O-])=NCCCN2C([2H])([2H])C([2H])([2H])C([2H])([2H])C([2H])([2H])C2([2H])[2H])c([O-])c2ccsc21)C([2H])([2H])[2H].[Ca+2]. The van der Waals surface area contributed by atoms with Crippen molar-refractivity contribution in [1.82, 2.24) is 9.47 Å². The molecule has 2 aromatic heterocycles. The van der Waals surface area contributed by atoms with E-state index in [9.17, 15) is 15.0 Å². The first-order chi connectivity index (χ1) is 18.7. The minimum atomic E-state index is -3.60. The average molecular weight is 432 g/mol. The van der Waals surface area contributed by atoms with Gasteiger partial charge in [0, 0.05) is 45.5 Å². The van der Waals surface area contributed by atoms with Crippen LogP contribution in [0.25, 0.3) is 10.2 Å². The van der Waals surface area contributed by atoms with E-state index in [1.807, 2.05) is 0 Å². The van der Waals surface area contributed by atoms with Crippen molar-refractivity contribution in [2.24, 2.45) is 4.99 Å². The predicted octanol–water partition coefficient (Wildman–Crippen LogP) is 1.32. The number of hydrogen-bond donors (Lipinski definition) is 0. The van der Waals surface area contributed by atoms with Crippen molar-refractivity contribution in [2.45, 2.75) is 45.3 Å². The Balaban J connectivity index is 0.00000645. The third-order valence-electron chi connectivity index (χ3n) is 3.54. The molecule has 0 unspecified atom stereocenters. The second kappa shape index (κ2) is 10.3.